The van der Waals surface area contributed by atoms with E-state index >= 15 is 0 Å². The molecule has 0 aromatic carbocycles. The third-order valence-electron chi connectivity index (χ3n) is 3.03. The zero-order valence-corrected chi connectivity index (χ0v) is 9.40. The van der Waals surface area contributed by atoms with Crippen LogP contribution in [0.3, 0.4) is 0 Å². The highest BCUT2D eigenvalue weighted by Gasteiger charge is 2.25. The fraction of sp³-hybridized carbons (Fsp3) is 0.417. The van der Waals surface area contributed by atoms with E-state index in [1.807, 2.05) is 12.3 Å². The molecule has 1 saturated heterocycles. The van der Waals surface area contributed by atoms with E-state index in [4.69, 9.17) is 10.8 Å². The Balaban J connectivity index is 2.08. The molecule has 84 valence electrons. The van der Waals surface area contributed by atoms with Crippen molar-refractivity contribution in [1.82, 2.24) is 9.88 Å². The van der Waals surface area contributed by atoms with Gasteiger partial charge in [0, 0.05) is 25.4 Å². The molecule has 1 aliphatic heterocycles. The molecule has 0 aliphatic carbocycles. The Kier molecular flexibility index (Phi) is 2.99. The Morgan fingerprint density at radius 1 is 1.56 bits per heavy atom. The van der Waals surface area contributed by atoms with Gasteiger partial charge < -0.3 is 4.90 Å². The van der Waals surface area contributed by atoms with Crippen molar-refractivity contribution in [3.8, 4) is 0 Å². The van der Waals surface area contributed by atoms with Crippen molar-refractivity contribution in [3.63, 3.8) is 0 Å². The maximum absolute atomic E-state index is 7.92. The average Bonchev–Trinajstić information content (AvgIpc) is 2.29. The van der Waals surface area contributed by atoms with E-state index in [9.17, 15) is 0 Å². The lowest BCUT2D eigenvalue weighted by molar-refractivity contribution is 0.455. The van der Waals surface area contributed by atoms with Gasteiger partial charge in [0.05, 0.1) is 5.84 Å². The molecule has 0 unspecified atom stereocenters. The first-order valence-corrected chi connectivity index (χ1v) is 5.48. The zero-order chi connectivity index (χ0) is 11.5. The van der Waals surface area contributed by atoms with Gasteiger partial charge in [-0.05, 0) is 30.9 Å². The van der Waals surface area contributed by atoms with Crippen LogP contribution in [0.5, 0.6) is 0 Å². The minimum Gasteiger partial charge on any atom is -0.319 e. The summed E-state index contributed by atoms with van der Waals surface area (Å²) in [5.74, 6) is 1.40. The summed E-state index contributed by atoms with van der Waals surface area (Å²) < 4.78 is 0. The van der Waals surface area contributed by atoms with E-state index in [1.165, 1.54) is 5.56 Å². The van der Waals surface area contributed by atoms with Crippen molar-refractivity contribution in [2.24, 2.45) is 0 Å². The van der Waals surface area contributed by atoms with Gasteiger partial charge in [-0.25, -0.2) is 0 Å². The second-order valence-corrected chi connectivity index (χ2v) is 4.16. The minimum atomic E-state index is 0.386. The lowest BCUT2D eigenvalue weighted by Gasteiger charge is -2.33. The topological polar surface area (TPSA) is 63.8 Å². The summed E-state index contributed by atoms with van der Waals surface area (Å²) in [6.07, 6.45) is 5.35. The third kappa shape index (κ3) is 2.10. The Morgan fingerprint density at radius 3 is 2.94 bits per heavy atom. The van der Waals surface area contributed by atoms with Gasteiger partial charge in [-0.2, -0.15) is 0 Å². The summed E-state index contributed by atoms with van der Waals surface area (Å²) in [5.41, 5.74) is 1.20. The Hall–Kier alpha value is -1.71. The maximum Gasteiger partial charge on any atom is 0.102 e. The second-order valence-electron chi connectivity index (χ2n) is 4.16. The zero-order valence-electron chi connectivity index (χ0n) is 9.40. The Bertz CT molecular complexity index is 399. The molecule has 1 aliphatic rings. The molecule has 0 radical (unpaired) electrons. The van der Waals surface area contributed by atoms with Gasteiger partial charge in [-0.3, -0.25) is 15.8 Å². The summed E-state index contributed by atoms with van der Waals surface area (Å²) in [6, 6.07) is 4.01. The molecule has 0 saturated carbocycles. The number of rotatable bonds is 1. The number of hydrogen-bond acceptors (Lipinski definition) is 3. The van der Waals surface area contributed by atoms with Crippen LogP contribution in [-0.4, -0.2) is 28.1 Å². The molecule has 16 heavy (non-hydrogen) atoms. The van der Waals surface area contributed by atoms with E-state index in [0.717, 1.165) is 13.0 Å². The predicted octanol–water partition coefficient (Wildman–Crippen LogP) is 2.24. The molecule has 1 fully saturated rings. The largest absolute Gasteiger partial charge is 0.319 e. The molecule has 2 heterocycles. The van der Waals surface area contributed by atoms with Crippen LogP contribution in [0, 0.1) is 10.8 Å². The first-order chi connectivity index (χ1) is 7.68. The molecule has 0 amide bonds. The number of pyridine rings is 1. The fourth-order valence-electron chi connectivity index (χ4n) is 2.14. The molecule has 1 aromatic rings. The molecule has 1 aromatic heterocycles. The number of nitrogens with zero attached hydrogens (tertiary/aromatic N) is 2. The van der Waals surface area contributed by atoms with Gasteiger partial charge in [0.15, 0.2) is 0 Å². The lowest BCUT2D eigenvalue weighted by Crippen LogP contribution is -2.40. The van der Waals surface area contributed by atoms with Crippen LogP contribution in [0.15, 0.2) is 24.5 Å². The third-order valence-corrected chi connectivity index (χ3v) is 3.03. The van der Waals surface area contributed by atoms with Crippen molar-refractivity contribution in [3.05, 3.63) is 30.1 Å². The van der Waals surface area contributed by atoms with Crippen LogP contribution >= 0.6 is 0 Å². The number of likely N-dealkylation sites (tertiary alicyclic amines) is 1. The van der Waals surface area contributed by atoms with Crippen LogP contribution in [0.25, 0.3) is 0 Å². The Labute approximate surface area is 95.3 Å². The fourth-order valence-corrected chi connectivity index (χ4v) is 2.14. The van der Waals surface area contributed by atoms with Gasteiger partial charge in [0.2, 0.25) is 0 Å². The summed E-state index contributed by atoms with van der Waals surface area (Å²) in [6.45, 7) is 2.51. The van der Waals surface area contributed by atoms with E-state index in [0.29, 0.717) is 24.0 Å². The van der Waals surface area contributed by atoms with Gasteiger partial charge in [-0.15, -0.1) is 0 Å². The molecule has 2 N–H and O–H groups in total. The van der Waals surface area contributed by atoms with Crippen LogP contribution in [-0.2, 0) is 0 Å². The van der Waals surface area contributed by atoms with Crippen LogP contribution in [0.2, 0.25) is 0 Å². The number of amidine groups is 2. The second kappa shape index (κ2) is 4.43. The highest BCUT2D eigenvalue weighted by molar-refractivity contribution is 5.97. The molecule has 0 bridgehead atoms. The highest BCUT2D eigenvalue weighted by Crippen LogP contribution is 2.28. The summed E-state index contributed by atoms with van der Waals surface area (Å²) >= 11 is 0. The molecular weight excluding hydrogens is 200 g/mol. The number of nitrogens with one attached hydrogen (secondary N) is 2. The molecule has 4 heteroatoms. The summed E-state index contributed by atoms with van der Waals surface area (Å²) in [7, 11) is 0. The monoisotopic (exact) mass is 216 g/mol. The maximum atomic E-state index is 7.92. The highest BCUT2D eigenvalue weighted by atomic mass is 15.2. The van der Waals surface area contributed by atoms with E-state index in [-0.39, 0.29) is 0 Å². The minimum absolute atomic E-state index is 0.386. The molecular formula is C12H16N4. The van der Waals surface area contributed by atoms with E-state index in [1.54, 1.807) is 18.0 Å². The summed E-state index contributed by atoms with van der Waals surface area (Å²) in [4.78, 5) is 5.88. The van der Waals surface area contributed by atoms with Crippen molar-refractivity contribution in [2.45, 2.75) is 25.7 Å². The number of aromatic nitrogens is 1. The molecule has 1 atom stereocenters. The molecule has 4 nitrogen and oxygen atoms in total. The smallest absolute Gasteiger partial charge is 0.102 e. The average molecular weight is 216 g/mol. The predicted molar refractivity (Wildman–Crippen MR) is 64.0 cm³/mol. The Morgan fingerprint density at radius 2 is 2.38 bits per heavy atom. The van der Waals surface area contributed by atoms with E-state index < -0.39 is 0 Å². The summed E-state index contributed by atoms with van der Waals surface area (Å²) in [5, 5.41) is 15.5. The van der Waals surface area contributed by atoms with Crippen molar-refractivity contribution >= 4 is 11.7 Å². The standard InChI is InChI=1S/C12H16N4/c1-9(13)16-6-4-10(7-12(16)14)11-3-2-5-15-8-11/h2-3,5,8,10,13-14H,4,6-7H2,1H3/t10-/m0/s1. The van der Waals surface area contributed by atoms with Crippen molar-refractivity contribution in [1.29, 1.82) is 10.8 Å². The van der Waals surface area contributed by atoms with Crippen LogP contribution in [0.4, 0.5) is 0 Å². The first kappa shape index (κ1) is 10.8. The van der Waals surface area contributed by atoms with Crippen LogP contribution < -0.4 is 0 Å². The van der Waals surface area contributed by atoms with Gasteiger partial charge in [0.1, 0.15) is 5.84 Å². The van der Waals surface area contributed by atoms with Crippen LogP contribution in [0.1, 0.15) is 31.2 Å². The SMILES string of the molecule is CC(=N)N1CC[C@H](c2cccnc2)CC1=N. The quantitative estimate of drug-likeness (QED) is 0.558. The van der Waals surface area contributed by atoms with Gasteiger partial charge in [0.25, 0.3) is 0 Å². The molecule has 0 spiro atoms. The van der Waals surface area contributed by atoms with Crippen molar-refractivity contribution < 1.29 is 0 Å². The van der Waals surface area contributed by atoms with E-state index in [2.05, 4.69) is 11.1 Å². The molecule has 2 rings (SSSR count). The van der Waals surface area contributed by atoms with Gasteiger partial charge >= 0.3 is 0 Å². The number of piperidine rings is 1. The van der Waals surface area contributed by atoms with Crippen molar-refractivity contribution in [2.75, 3.05) is 6.54 Å². The first-order valence-electron chi connectivity index (χ1n) is 5.48. The normalized spacial score (nSPS) is 20.9. The number of hydrogen-bond donors (Lipinski definition) is 2. The lowest BCUT2D eigenvalue weighted by atomic mass is 9.90. The van der Waals surface area contributed by atoms with Gasteiger partial charge in [-0.1, -0.05) is 6.07 Å².